The van der Waals surface area contributed by atoms with Crippen LogP contribution in [0.4, 0.5) is 15.8 Å². The van der Waals surface area contributed by atoms with Crippen molar-refractivity contribution in [1.82, 2.24) is 0 Å². The molecular weight excluding hydrogens is 175 g/mol. The summed E-state index contributed by atoms with van der Waals surface area (Å²) in [6.07, 6.45) is 0.647. The van der Waals surface area contributed by atoms with Crippen LogP contribution in [0.1, 0.15) is 5.56 Å². The highest BCUT2D eigenvalue weighted by molar-refractivity contribution is 5.60. The molecule has 5 heteroatoms. The molecule has 1 aromatic carbocycles. The van der Waals surface area contributed by atoms with E-state index in [-0.39, 0.29) is 5.69 Å². The lowest BCUT2D eigenvalue weighted by Crippen LogP contribution is -1.94. The predicted molar refractivity (Wildman–Crippen MR) is 45.2 cm³/mol. The Balaban J connectivity index is 2.55. The van der Waals surface area contributed by atoms with Gasteiger partial charge in [-0.2, -0.15) is 0 Å². The van der Waals surface area contributed by atoms with Gasteiger partial charge < -0.3 is 5.32 Å². The largest absolute Gasteiger partial charge is 0.382 e. The zero-order valence-corrected chi connectivity index (χ0v) is 6.71. The monoisotopic (exact) mass is 182 g/mol. The Kier molecular flexibility index (Phi) is 1.65. The highest BCUT2D eigenvalue weighted by atomic mass is 19.1. The predicted octanol–water partition coefficient (Wildman–Crippen LogP) is 1.70. The lowest BCUT2D eigenvalue weighted by Gasteiger charge is -2.00. The number of nitro groups is 1. The Labute approximate surface area is 73.5 Å². The fourth-order valence-corrected chi connectivity index (χ4v) is 1.47. The molecule has 0 aliphatic carbocycles. The van der Waals surface area contributed by atoms with Gasteiger partial charge in [-0.3, -0.25) is 10.1 Å². The van der Waals surface area contributed by atoms with Gasteiger partial charge in [0, 0.05) is 12.6 Å². The van der Waals surface area contributed by atoms with Crippen LogP contribution in [0.25, 0.3) is 0 Å². The maximum atomic E-state index is 13.1. The molecule has 0 radical (unpaired) electrons. The number of halogens is 1. The summed E-state index contributed by atoms with van der Waals surface area (Å²) in [4.78, 5) is 9.79. The van der Waals surface area contributed by atoms with Crippen LogP contribution in [0.2, 0.25) is 0 Å². The number of anilines is 1. The van der Waals surface area contributed by atoms with Crippen LogP contribution in [0, 0.1) is 15.9 Å². The van der Waals surface area contributed by atoms with Crippen LogP contribution in [0.3, 0.4) is 0 Å². The van der Waals surface area contributed by atoms with Gasteiger partial charge in [-0.05, 0) is 12.0 Å². The van der Waals surface area contributed by atoms with E-state index in [0.29, 0.717) is 24.2 Å². The number of non-ortho nitro benzene ring substituents is 1. The first-order valence-corrected chi connectivity index (χ1v) is 3.89. The summed E-state index contributed by atoms with van der Waals surface area (Å²) >= 11 is 0. The molecule has 0 atom stereocenters. The van der Waals surface area contributed by atoms with E-state index in [9.17, 15) is 14.5 Å². The van der Waals surface area contributed by atoms with E-state index in [1.165, 1.54) is 6.07 Å². The SMILES string of the molecule is O=[N+]([O-])c1cc(F)c2c(c1)CCN2. The van der Waals surface area contributed by atoms with Crippen molar-refractivity contribution in [3.05, 3.63) is 33.6 Å². The van der Waals surface area contributed by atoms with E-state index in [1.54, 1.807) is 0 Å². The van der Waals surface area contributed by atoms with Gasteiger partial charge in [0.2, 0.25) is 0 Å². The van der Waals surface area contributed by atoms with E-state index in [0.717, 1.165) is 6.07 Å². The molecule has 0 bridgehead atoms. The number of nitrogens with zero attached hydrogens (tertiary/aromatic N) is 1. The zero-order valence-electron chi connectivity index (χ0n) is 6.71. The average Bonchev–Trinajstić information content (AvgIpc) is 2.51. The molecular formula is C8H7FN2O2. The van der Waals surface area contributed by atoms with E-state index in [4.69, 9.17) is 0 Å². The van der Waals surface area contributed by atoms with Crippen LogP contribution in [-0.2, 0) is 6.42 Å². The van der Waals surface area contributed by atoms with Crippen LogP contribution in [-0.4, -0.2) is 11.5 Å². The van der Waals surface area contributed by atoms with Gasteiger partial charge in [0.1, 0.15) is 0 Å². The number of hydrogen-bond donors (Lipinski definition) is 1. The second-order valence-corrected chi connectivity index (χ2v) is 2.90. The minimum atomic E-state index is -0.582. The topological polar surface area (TPSA) is 55.2 Å². The van der Waals surface area contributed by atoms with Gasteiger partial charge in [0.25, 0.3) is 5.69 Å². The number of hydrogen-bond acceptors (Lipinski definition) is 3. The summed E-state index contributed by atoms with van der Waals surface area (Å²) in [5.74, 6) is -0.540. The number of nitrogens with one attached hydrogen (secondary N) is 1. The summed E-state index contributed by atoms with van der Waals surface area (Å²) in [5.41, 5.74) is 0.914. The molecule has 4 nitrogen and oxygen atoms in total. The molecule has 0 unspecified atom stereocenters. The molecule has 0 spiro atoms. The van der Waals surface area contributed by atoms with Crippen molar-refractivity contribution in [2.24, 2.45) is 0 Å². The summed E-state index contributed by atoms with van der Waals surface area (Å²) in [6.45, 7) is 0.646. The maximum absolute atomic E-state index is 13.1. The third-order valence-electron chi connectivity index (χ3n) is 2.06. The third-order valence-corrected chi connectivity index (χ3v) is 2.06. The average molecular weight is 182 g/mol. The molecule has 2 rings (SSSR count). The quantitative estimate of drug-likeness (QED) is 0.531. The van der Waals surface area contributed by atoms with Crippen LogP contribution in [0.5, 0.6) is 0 Å². The normalized spacial score (nSPS) is 13.6. The Bertz CT molecular complexity index is 379. The molecule has 1 aliphatic heterocycles. The molecule has 0 fully saturated rings. The lowest BCUT2D eigenvalue weighted by molar-refractivity contribution is -0.385. The van der Waals surface area contributed by atoms with Gasteiger partial charge in [0.05, 0.1) is 16.7 Å². The number of rotatable bonds is 1. The highest BCUT2D eigenvalue weighted by Crippen LogP contribution is 2.29. The van der Waals surface area contributed by atoms with E-state index in [2.05, 4.69) is 5.32 Å². The van der Waals surface area contributed by atoms with Gasteiger partial charge in [-0.15, -0.1) is 0 Å². The molecule has 0 aromatic heterocycles. The van der Waals surface area contributed by atoms with Crippen LogP contribution in [0.15, 0.2) is 12.1 Å². The van der Waals surface area contributed by atoms with Crippen molar-refractivity contribution >= 4 is 11.4 Å². The molecule has 1 N–H and O–H groups in total. The first kappa shape index (κ1) is 7.97. The van der Waals surface area contributed by atoms with Gasteiger partial charge in [-0.25, -0.2) is 4.39 Å². The van der Waals surface area contributed by atoms with Gasteiger partial charge in [0.15, 0.2) is 5.82 Å². The number of benzene rings is 1. The molecule has 1 heterocycles. The Hall–Kier alpha value is -1.65. The molecule has 1 aliphatic rings. The molecule has 0 amide bonds. The van der Waals surface area contributed by atoms with Crippen molar-refractivity contribution in [2.45, 2.75) is 6.42 Å². The minimum Gasteiger partial charge on any atom is -0.382 e. The second-order valence-electron chi connectivity index (χ2n) is 2.90. The standard InChI is InChI=1S/C8H7FN2O2/c9-7-4-6(11(12)13)3-5-1-2-10-8(5)7/h3-4,10H,1-2H2. The highest BCUT2D eigenvalue weighted by Gasteiger charge is 2.19. The van der Waals surface area contributed by atoms with Crippen molar-refractivity contribution in [3.8, 4) is 0 Å². The number of fused-ring (bicyclic) bond motifs is 1. The molecule has 1 aromatic rings. The van der Waals surface area contributed by atoms with E-state index in [1.807, 2.05) is 0 Å². The number of nitro benzene ring substituents is 1. The van der Waals surface area contributed by atoms with Gasteiger partial charge in [-0.1, -0.05) is 0 Å². The summed E-state index contributed by atoms with van der Waals surface area (Å²) in [7, 11) is 0. The fourth-order valence-electron chi connectivity index (χ4n) is 1.47. The van der Waals surface area contributed by atoms with Crippen molar-refractivity contribution < 1.29 is 9.31 Å². The Morgan fingerprint density at radius 3 is 3.00 bits per heavy atom. The fraction of sp³-hybridized carbons (Fsp3) is 0.250. The van der Waals surface area contributed by atoms with Crippen molar-refractivity contribution in [3.63, 3.8) is 0 Å². The minimum absolute atomic E-state index is 0.181. The van der Waals surface area contributed by atoms with E-state index < -0.39 is 10.7 Å². The Morgan fingerprint density at radius 2 is 2.31 bits per heavy atom. The summed E-state index contributed by atoms with van der Waals surface area (Å²) in [6, 6.07) is 2.36. The smallest absolute Gasteiger partial charge is 0.272 e. The Morgan fingerprint density at radius 1 is 1.54 bits per heavy atom. The molecule has 0 saturated heterocycles. The first-order valence-electron chi connectivity index (χ1n) is 3.89. The molecule has 68 valence electrons. The summed E-state index contributed by atoms with van der Waals surface area (Å²) in [5, 5.41) is 13.2. The van der Waals surface area contributed by atoms with Crippen molar-refractivity contribution in [1.29, 1.82) is 0 Å². The second kappa shape index (κ2) is 2.69. The van der Waals surface area contributed by atoms with E-state index >= 15 is 0 Å². The first-order chi connectivity index (χ1) is 6.18. The summed E-state index contributed by atoms with van der Waals surface area (Å²) < 4.78 is 13.1. The van der Waals surface area contributed by atoms with Gasteiger partial charge >= 0.3 is 0 Å². The van der Waals surface area contributed by atoms with Crippen molar-refractivity contribution in [2.75, 3.05) is 11.9 Å². The van der Waals surface area contributed by atoms with Crippen LogP contribution >= 0.6 is 0 Å². The zero-order chi connectivity index (χ0) is 9.42. The molecule has 0 saturated carbocycles. The molecule has 13 heavy (non-hydrogen) atoms. The third kappa shape index (κ3) is 1.22. The maximum Gasteiger partial charge on any atom is 0.272 e. The lowest BCUT2D eigenvalue weighted by atomic mass is 10.1. The van der Waals surface area contributed by atoms with Crippen LogP contribution < -0.4 is 5.32 Å².